The largest absolute Gasteiger partial charge is 0.450 e. The molecule has 0 aromatic heterocycles. The van der Waals surface area contributed by atoms with Crippen molar-refractivity contribution in [3.8, 4) is 0 Å². The first-order valence-electron chi connectivity index (χ1n) is 11.6. The Morgan fingerprint density at radius 3 is 1.79 bits per heavy atom. The summed E-state index contributed by atoms with van der Waals surface area (Å²) in [5.41, 5.74) is 0. The maximum Gasteiger partial charge on any atom is 0.355 e. The number of esters is 3. The first-order chi connectivity index (χ1) is 14.0. The summed E-state index contributed by atoms with van der Waals surface area (Å²) in [5, 5.41) is 0. The molecule has 5 heteroatoms. The van der Waals surface area contributed by atoms with Crippen LogP contribution in [0, 0.1) is 0 Å². The minimum Gasteiger partial charge on any atom is -0.450 e. The fourth-order valence-corrected chi connectivity index (χ4v) is 3.06. The first-order valence-corrected chi connectivity index (χ1v) is 11.6. The van der Waals surface area contributed by atoms with Gasteiger partial charge in [0.25, 0.3) is 0 Å². The highest BCUT2D eigenvalue weighted by molar-refractivity contribution is 5.88. The van der Waals surface area contributed by atoms with E-state index in [1.165, 1.54) is 57.8 Å². The molecule has 0 aliphatic carbocycles. The van der Waals surface area contributed by atoms with E-state index in [2.05, 4.69) is 23.8 Å². The molecular formula is C24H42O5. The molecule has 0 fully saturated rings. The Hall–Kier alpha value is -1.65. The third kappa shape index (κ3) is 18.1. The maximum absolute atomic E-state index is 11.8. The van der Waals surface area contributed by atoms with Gasteiger partial charge in [0.15, 0.2) is 6.10 Å². The van der Waals surface area contributed by atoms with Crippen molar-refractivity contribution in [1.29, 1.82) is 0 Å². The molecule has 0 amide bonds. The second-order valence-electron chi connectivity index (χ2n) is 7.63. The minimum absolute atomic E-state index is 0.294. The van der Waals surface area contributed by atoms with Gasteiger partial charge in [-0.2, -0.15) is 0 Å². The lowest BCUT2D eigenvalue weighted by molar-refractivity contribution is -0.173. The monoisotopic (exact) mass is 410 g/mol. The van der Waals surface area contributed by atoms with Crippen LogP contribution in [0.3, 0.4) is 0 Å². The fourth-order valence-electron chi connectivity index (χ4n) is 3.06. The molecule has 1 unspecified atom stereocenters. The van der Waals surface area contributed by atoms with Crippen molar-refractivity contribution in [2.24, 2.45) is 0 Å². The molecule has 0 spiro atoms. The Labute approximate surface area is 177 Å². The van der Waals surface area contributed by atoms with Gasteiger partial charge in [-0.3, -0.25) is 9.59 Å². The topological polar surface area (TPSA) is 69.7 Å². The molecule has 0 aliphatic rings. The van der Waals surface area contributed by atoms with Gasteiger partial charge in [0.05, 0.1) is 0 Å². The van der Waals surface area contributed by atoms with Gasteiger partial charge in [0, 0.05) is 13.3 Å². The molecule has 0 radical (unpaired) electrons. The van der Waals surface area contributed by atoms with Gasteiger partial charge in [0.2, 0.25) is 0 Å². The summed E-state index contributed by atoms with van der Waals surface area (Å²) in [5.74, 6) is -1.89. The summed E-state index contributed by atoms with van der Waals surface area (Å²) in [6.45, 7) is 5.11. The zero-order valence-electron chi connectivity index (χ0n) is 18.9. The number of ether oxygens (including phenoxy) is 2. The van der Waals surface area contributed by atoms with Crippen LogP contribution in [0.1, 0.15) is 117 Å². The summed E-state index contributed by atoms with van der Waals surface area (Å²) in [6.07, 6.45) is 19.8. The highest BCUT2D eigenvalue weighted by atomic mass is 16.6. The fraction of sp³-hybridized carbons (Fsp3) is 0.792. The van der Waals surface area contributed by atoms with E-state index in [9.17, 15) is 14.4 Å². The number of allylic oxidation sites excluding steroid dienone is 2. The predicted octanol–water partition coefficient (Wildman–Crippen LogP) is 6.44. The Bertz CT molecular complexity index is 470. The SMILES string of the molecule is CCCCCCCC/C=C\CCCCCCCC(=O)OC(CC)C(=O)OC(C)=O. The standard InChI is InChI=1S/C24H42O5/c1-4-6-7-8-9-10-11-12-13-14-15-16-17-18-19-20-23(26)29-22(5-2)24(27)28-21(3)25/h12-13,22H,4-11,14-20H2,1-3H3/b13-12-. The van der Waals surface area contributed by atoms with Crippen LogP contribution in [-0.2, 0) is 23.9 Å². The average Bonchev–Trinajstić information content (AvgIpc) is 2.68. The Morgan fingerprint density at radius 1 is 0.759 bits per heavy atom. The molecule has 5 nitrogen and oxygen atoms in total. The summed E-state index contributed by atoms with van der Waals surface area (Å²) in [7, 11) is 0. The molecule has 0 saturated carbocycles. The lowest BCUT2D eigenvalue weighted by atomic mass is 10.1. The van der Waals surface area contributed by atoms with Crippen molar-refractivity contribution in [1.82, 2.24) is 0 Å². The van der Waals surface area contributed by atoms with Crippen LogP contribution < -0.4 is 0 Å². The Kier molecular flexibility index (Phi) is 18.5. The van der Waals surface area contributed by atoms with Crippen LogP contribution in [0.2, 0.25) is 0 Å². The Morgan fingerprint density at radius 2 is 1.28 bits per heavy atom. The number of carbonyl (C=O) groups is 3. The van der Waals surface area contributed by atoms with Crippen molar-refractivity contribution in [2.75, 3.05) is 0 Å². The number of rotatable bonds is 18. The van der Waals surface area contributed by atoms with E-state index < -0.39 is 24.0 Å². The molecule has 168 valence electrons. The van der Waals surface area contributed by atoms with Gasteiger partial charge in [0.1, 0.15) is 0 Å². The van der Waals surface area contributed by atoms with Crippen LogP contribution >= 0.6 is 0 Å². The van der Waals surface area contributed by atoms with Gasteiger partial charge in [-0.05, 0) is 38.5 Å². The predicted molar refractivity (Wildman–Crippen MR) is 116 cm³/mol. The number of hydrogen-bond acceptors (Lipinski definition) is 5. The van der Waals surface area contributed by atoms with E-state index >= 15 is 0 Å². The van der Waals surface area contributed by atoms with Crippen LogP contribution in [0.4, 0.5) is 0 Å². The average molecular weight is 411 g/mol. The molecule has 0 aliphatic heterocycles. The van der Waals surface area contributed by atoms with E-state index in [0.717, 1.165) is 32.6 Å². The summed E-state index contributed by atoms with van der Waals surface area (Å²) in [4.78, 5) is 34.2. The zero-order valence-corrected chi connectivity index (χ0v) is 18.9. The van der Waals surface area contributed by atoms with Crippen molar-refractivity contribution in [3.63, 3.8) is 0 Å². The second-order valence-corrected chi connectivity index (χ2v) is 7.63. The van der Waals surface area contributed by atoms with Crippen LogP contribution in [0.5, 0.6) is 0 Å². The van der Waals surface area contributed by atoms with Crippen LogP contribution in [0.25, 0.3) is 0 Å². The number of unbranched alkanes of at least 4 members (excludes halogenated alkanes) is 11. The highest BCUT2D eigenvalue weighted by Crippen LogP contribution is 2.11. The molecule has 0 rings (SSSR count). The number of carbonyl (C=O) groups excluding carboxylic acids is 3. The van der Waals surface area contributed by atoms with Crippen molar-refractivity contribution in [3.05, 3.63) is 12.2 Å². The quantitative estimate of drug-likeness (QED) is 0.113. The normalized spacial score (nSPS) is 12.1. The van der Waals surface area contributed by atoms with Crippen molar-refractivity contribution >= 4 is 17.9 Å². The summed E-state index contributed by atoms with van der Waals surface area (Å²) in [6, 6.07) is 0. The highest BCUT2D eigenvalue weighted by Gasteiger charge is 2.23. The molecule has 29 heavy (non-hydrogen) atoms. The van der Waals surface area contributed by atoms with E-state index in [1.54, 1.807) is 6.92 Å². The minimum atomic E-state index is -0.991. The Balaban J connectivity index is 3.55. The molecule has 0 bridgehead atoms. The molecule has 0 N–H and O–H groups in total. The molecule has 0 heterocycles. The molecular weight excluding hydrogens is 368 g/mol. The zero-order chi connectivity index (χ0) is 21.7. The van der Waals surface area contributed by atoms with Gasteiger partial charge in [-0.25, -0.2) is 4.79 Å². The van der Waals surface area contributed by atoms with Crippen molar-refractivity contribution < 1.29 is 23.9 Å². The number of hydrogen-bond donors (Lipinski definition) is 0. The van der Waals surface area contributed by atoms with E-state index in [1.807, 2.05) is 0 Å². The molecule has 0 aromatic rings. The molecule has 1 atom stereocenters. The maximum atomic E-state index is 11.8. The van der Waals surface area contributed by atoms with Gasteiger partial charge in [-0.15, -0.1) is 0 Å². The second kappa shape index (κ2) is 19.7. The van der Waals surface area contributed by atoms with E-state index in [-0.39, 0.29) is 0 Å². The first kappa shape index (κ1) is 27.4. The van der Waals surface area contributed by atoms with Crippen molar-refractivity contribution in [2.45, 2.75) is 123 Å². The molecule has 0 aromatic carbocycles. The molecule has 0 saturated heterocycles. The lowest BCUT2D eigenvalue weighted by Gasteiger charge is -2.13. The van der Waals surface area contributed by atoms with Gasteiger partial charge >= 0.3 is 17.9 Å². The lowest BCUT2D eigenvalue weighted by Crippen LogP contribution is -2.29. The van der Waals surface area contributed by atoms with Gasteiger partial charge < -0.3 is 9.47 Å². The van der Waals surface area contributed by atoms with Gasteiger partial charge in [-0.1, -0.05) is 77.4 Å². The van der Waals surface area contributed by atoms with Crippen LogP contribution in [-0.4, -0.2) is 24.0 Å². The smallest absolute Gasteiger partial charge is 0.355 e. The van der Waals surface area contributed by atoms with Crippen LogP contribution in [0.15, 0.2) is 12.2 Å². The third-order valence-corrected chi connectivity index (χ3v) is 4.79. The van der Waals surface area contributed by atoms with E-state index in [0.29, 0.717) is 12.8 Å². The summed E-state index contributed by atoms with van der Waals surface area (Å²) < 4.78 is 9.58. The summed E-state index contributed by atoms with van der Waals surface area (Å²) >= 11 is 0. The van der Waals surface area contributed by atoms with E-state index in [4.69, 9.17) is 4.74 Å². The third-order valence-electron chi connectivity index (χ3n) is 4.79.